The van der Waals surface area contributed by atoms with Crippen LogP contribution in [-0.2, 0) is 11.2 Å². The fourth-order valence-corrected chi connectivity index (χ4v) is 3.37. The average molecular weight is 494 g/mol. The molecule has 16 heteroatoms. The lowest BCUT2D eigenvalue weighted by Gasteiger charge is -2.38. The van der Waals surface area contributed by atoms with Crippen molar-refractivity contribution in [1.29, 1.82) is 5.26 Å². The lowest BCUT2D eigenvalue weighted by Crippen LogP contribution is -2.70. The zero-order valence-electron chi connectivity index (χ0n) is 15.1. The number of hydrogen-bond acceptors (Lipinski definition) is 3. The number of aryl methyl sites for hydroxylation is 1. The van der Waals surface area contributed by atoms with Crippen LogP contribution in [0, 0.1) is 18.3 Å². The Balaban J connectivity index is 3.45. The van der Waals surface area contributed by atoms with Crippen LogP contribution in [0.25, 0.3) is 0 Å². The maximum Gasteiger partial charge on any atom is 0.393 e. The van der Waals surface area contributed by atoms with Crippen molar-refractivity contribution in [2.75, 3.05) is 5.32 Å². The van der Waals surface area contributed by atoms with E-state index in [-0.39, 0.29) is 16.9 Å². The van der Waals surface area contributed by atoms with Gasteiger partial charge in [-0.1, -0.05) is 6.92 Å². The second kappa shape index (κ2) is 8.06. The Kier molecular flexibility index (Phi) is 6.98. The van der Waals surface area contributed by atoms with Gasteiger partial charge in [-0.3, -0.25) is 4.79 Å². The Bertz CT molecular complexity index is 887. The Labute approximate surface area is 169 Å². The highest BCUT2D eigenvalue weighted by Crippen LogP contribution is 2.58. The van der Waals surface area contributed by atoms with Crippen LogP contribution in [0.2, 0.25) is 0 Å². The van der Waals surface area contributed by atoms with Crippen LogP contribution in [0.15, 0.2) is 0 Å². The third-order valence-corrected chi connectivity index (χ3v) is 5.13. The molecule has 0 fully saturated rings. The van der Waals surface area contributed by atoms with E-state index < -0.39 is 52.5 Å². The summed E-state index contributed by atoms with van der Waals surface area (Å²) in [6.07, 6.45) is -5.55. The number of alkyl halides is 12. The van der Waals surface area contributed by atoms with Crippen molar-refractivity contribution in [2.24, 2.45) is 0 Å². The van der Waals surface area contributed by atoms with Gasteiger partial charge in [0.15, 0.2) is 0 Å². The molecule has 0 aliphatic rings. The van der Waals surface area contributed by atoms with Gasteiger partial charge in [0, 0.05) is 4.88 Å². The van der Waals surface area contributed by atoms with E-state index in [9.17, 15) is 57.5 Å². The highest BCUT2D eigenvalue weighted by molar-refractivity contribution is 7.16. The fraction of sp³-hybridized carbons (Fsp3) is 0.600. The van der Waals surface area contributed by atoms with E-state index >= 15 is 0 Å². The maximum atomic E-state index is 13.8. The summed E-state index contributed by atoms with van der Waals surface area (Å²) in [6, 6.07) is 1.43. The van der Waals surface area contributed by atoms with E-state index in [1.165, 1.54) is 19.9 Å². The third kappa shape index (κ3) is 3.80. The van der Waals surface area contributed by atoms with Crippen molar-refractivity contribution in [3.05, 3.63) is 16.0 Å². The second-order valence-corrected chi connectivity index (χ2v) is 7.21. The predicted molar refractivity (Wildman–Crippen MR) is 82.5 cm³/mol. The van der Waals surface area contributed by atoms with Gasteiger partial charge in [0.1, 0.15) is 11.1 Å². The summed E-state index contributed by atoms with van der Waals surface area (Å²) < 4.78 is 158. The highest BCUT2D eigenvalue weighted by Gasteiger charge is 2.89. The monoisotopic (exact) mass is 494 g/mol. The molecule has 0 spiro atoms. The Morgan fingerprint density at radius 3 is 1.87 bits per heavy atom. The van der Waals surface area contributed by atoms with Gasteiger partial charge in [-0.15, -0.1) is 11.3 Å². The van der Waals surface area contributed by atoms with E-state index in [2.05, 4.69) is 0 Å². The number of nitriles is 1. The molecule has 0 aliphatic carbocycles. The Morgan fingerprint density at radius 2 is 1.48 bits per heavy atom. The fourth-order valence-electron chi connectivity index (χ4n) is 2.28. The number of hydrogen-bond donors (Lipinski definition) is 1. The number of nitrogens with one attached hydrogen (secondary N) is 1. The summed E-state index contributed by atoms with van der Waals surface area (Å²) in [4.78, 5) is 11.8. The molecule has 1 rings (SSSR count). The number of rotatable bonds is 8. The zero-order chi connectivity index (χ0) is 24.8. The van der Waals surface area contributed by atoms with E-state index in [1.54, 1.807) is 0 Å². The van der Waals surface area contributed by atoms with Gasteiger partial charge < -0.3 is 5.32 Å². The first-order valence-corrected chi connectivity index (χ1v) is 8.58. The van der Waals surface area contributed by atoms with Crippen molar-refractivity contribution in [1.82, 2.24) is 0 Å². The largest absolute Gasteiger partial charge is 0.393 e. The molecule has 0 aromatic carbocycles. The summed E-state index contributed by atoms with van der Waals surface area (Å²) in [5.41, 5.74) is -0.356. The molecule has 176 valence electrons. The summed E-state index contributed by atoms with van der Waals surface area (Å²) in [7, 11) is 0. The average Bonchev–Trinajstić information content (AvgIpc) is 2.94. The molecule has 0 saturated heterocycles. The summed E-state index contributed by atoms with van der Waals surface area (Å²) in [5, 5.41) is 9.17. The standard InChI is InChI=1S/C15H10F12N2OS/c1-3-6-5(2)31-8(7(6)4-28)29-10(30)12(20,21)14(24,25)15(26,27)13(22,23)11(18,19)9(16)17/h9H,3H2,1-2H3,(H,29,30). The minimum atomic E-state index is -7.81. The molecule has 1 aromatic heterocycles. The molecule has 0 bridgehead atoms. The number of thiophene rings is 1. The molecular weight excluding hydrogens is 484 g/mol. The van der Waals surface area contributed by atoms with Crippen LogP contribution in [-0.4, -0.2) is 41.9 Å². The zero-order valence-corrected chi connectivity index (χ0v) is 15.9. The van der Waals surface area contributed by atoms with Gasteiger partial charge >= 0.3 is 41.9 Å². The van der Waals surface area contributed by atoms with Gasteiger partial charge in [-0.2, -0.15) is 49.2 Å². The van der Waals surface area contributed by atoms with Crippen molar-refractivity contribution in [2.45, 2.75) is 56.3 Å². The Hall–Kier alpha value is -2.18. The first kappa shape index (κ1) is 26.9. The lowest BCUT2D eigenvalue weighted by molar-refractivity contribution is -0.406. The predicted octanol–water partition coefficient (Wildman–Crippen LogP) is 5.87. The molecule has 1 heterocycles. The molecule has 1 aromatic rings. The van der Waals surface area contributed by atoms with Crippen LogP contribution >= 0.6 is 11.3 Å². The van der Waals surface area contributed by atoms with Crippen molar-refractivity contribution in [3.8, 4) is 6.07 Å². The summed E-state index contributed by atoms with van der Waals surface area (Å²) in [6.45, 7) is 2.78. The molecule has 1 amide bonds. The van der Waals surface area contributed by atoms with Crippen molar-refractivity contribution >= 4 is 22.2 Å². The van der Waals surface area contributed by atoms with Crippen LogP contribution in [0.4, 0.5) is 57.7 Å². The molecule has 0 aliphatic heterocycles. The topological polar surface area (TPSA) is 52.9 Å². The number of anilines is 1. The van der Waals surface area contributed by atoms with E-state index in [0.717, 1.165) is 5.32 Å². The van der Waals surface area contributed by atoms with Gasteiger partial charge in [0.25, 0.3) is 0 Å². The molecule has 0 unspecified atom stereocenters. The molecule has 0 atom stereocenters. The van der Waals surface area contributed by atoms with E-state index in [0.29, 0.717) is 11.3 Å². The lowest BCUT2D eigenvalue weighted by atomic mass is 9.94. The van der Waals surface area contributed by atoms with Crippen LogP contribution in [0.3, 0.4) is 0 Å². The SMILES string of the molecule is CCc1c(C)sc(NC(=O)C(F)(F)C(F)(F)C(F)(F)C(F)(F)C(F)(F)C(F)F)c1C#N. The molecule has 1 N–H and O–H groups in total. The highest BCUT2D eigenvalue weighted by atomic mass is 32.1. The second-order valence-electron chi connectivity index (χ2n) is 5.98. The summed E-state index contributed by atoms with van der Waals surface area (Å²) in [5.74, 6) is -40.4. The van der Waals surface area contributed by atoms with Crippen LogP contribution < -0.4 is 5.32 Å². The number of nitrogens with zero attached hydrogens (tertiary/aromatic N) is 1. The van der Waals surface area contributed by atoms with Crippen molar-refractivity contribution < 1.29 is 57.5 Å². The number of carbonyl (C=O) groups is 1. The van der Waals surface area contributed by atoms with E-state index in [4.69, 9.17) is 5.26 Å². The number of amides is 1. The minimum absolute atomic E-state index is 0.0840. The van der Waals surface area contributed by atoms with E-state index in [1.807, 2.05) is 0 Å². The van der Waals surface area contributed by atoms with Crippen LogP contribution in [0.5, 0.6) is 0 Å². The number of carbonyl (C=O) groups excluding carboxylic acids is 1. The molecular formula is C15H10F12N2OS. The number of halogens is 12. The van der Waals surface area contributed by atoms with Crippen LogP contribution in [0.1, 0.15) is 22.9 Å². The van der Waals surface area contributed by atoms with Gasteiger partial charge in [0.2, 0.25) is 0 Å². The molecule has 3 nitrogen and oxygen atoms in total. The maximum absolute atomic E-state index is 13.8. The molecule has 31 heavy (non-hydrogen) atoms. The quantitative estimate of drug-likeness (QED) is 0.460. The first-order chi connectivity index (χ1) is 13.8. The summed E-state index contributed by atoms with van der Waals surface area (Å²) >= 11 is 0.379. The van der Waals surface area contributed by atoms with Gasteiger partial charge in [0.05, 0.1) is 5.56 Å². The van der Waals surface area contributed by atoms with Crippen molar-refractivity contribution in [3.63, 3.8) is 0 Å². The Morgan fingerprint density at radius 1 is 1.00 bits per heavy atom. The smallest absolute Gasteiger partial charge is 0.311 e. The third-order valence-electron chi connectivity index (χ3n) is 4.06. The minimum Gasteiger partial charge on any atom is -0.311 e. The molecule has 0 saturated carbocycles. The molecule has 0 radical (unpaired) electrons. The first-order valence-electron chi connectivity index (χ1n) is 7.76. The van der Waals surface area contributed by atoms with Gasteiger partial charge in [-0.05, 0) is 18.9 Å². The normalized spacial score (nSPS) is 14.0. The van der Waals surface area contributed by atoms with Gasteiger partial charge in [-0.25, -0.2) is 8.78 Å².